The lowest BCUT2D eigenvalue weighted by atomic mass is 9.95. The van der Waals surface area contributed by atoms with E-state index in [1.54, 1.807) is 0 Å². The van der Waals surface area contributed by atoms with Crippen molar-refractivity contribution in [1.29, 1.82) is 0 Å². The van der Waals surface area contributed by atoms with Crippen molar-refractivity contribution < 1.29 is 9.59 Å². The molecule has 1 aliphatic heterocycles. The van der Waals surface area contributed by atoms with Gasteiger partial charge >= 0.3 is 0 Å². The molecular weight excluding hydrogens is 302 g/mol. The molecule has 0 saturated carbocycles. The van der Waals surface area contributed by atoms with Crippen molar-refractivity contribution in [2.45, 2.75) is 25.7 Å². The molecule has 1 heterocycles. The number of halogens is 1. The summed E-state index contributed by atoms with van der Waals surface area (Å²) in [4.78, 5) is 25.9. The zero-order valence-corrected chi connectivity index (χ0v) is 13.5. The molecular formula is C16H24ClN3O2. The molecule has 1 aliphatic rings. The van der Waals surface area contributed by atoms with Gasteiger partial charge in [0.1, 0.15) is 0 Å². The van der Waals surface area contributed by atoms with Crippen LogP contribution in [0.1, 0.15) is 25.7 Å². The number of piperidine rings is 1. The number of carbonyl (C=O) groups is 2. The SMILES string of the molecule is Cl.NCCCC(=O)N1CCC(C(=O)Nc2ccccc2)CC1. The van der Waals surface area contributed by atoms with Gasteiger partial charge in [0, 0.05) is 31.1 Å². The van der Waals surface area contributed by atoms with Gasteiger partial charge in [-0.2, -0.15) is 0 Å². The van der Waals surface area contributed by atoms with Gasteiger partial charge in [-0.15, -0.1) is 12.4 Å². The third kappa shape index (κ3) is 5.31. The Kier molecular flexibility index (Phi) is 7.91. The molecule has 1 aromatic rings. The van der Waals surface area contributed by atoms with Crippen molar-refractivity contribution in [2.24, 2.45) is 11.7 Å². The summed E-state index contributed by atoms with van der Waals surface area (Å²) in [6.45, 7) is 1.87. The molecule has 2 rings (SSSR count). The van der Waals surface area contributed by atoms with Crippen LogP contribution in [0, 0.1) is 5.92 Å². The second kappa shape index (κ2) is 9.43. The molecule has 22 heavy (non-hydrogen) atoms. The Labute approximate surface area is 137 Å². The van der Waals surface area contributed by atoms with Crippen molar-refractivity contribution in [3.05, 3.63) is 30.3 Å². The number of rotatable bonds is 5. The first-order valence-corrected chi connectivity index (χ1v) is 7.54. The highest BCUT2D eigenvalue weighted by Gasteiger charge is 2.26. The molecule has 0 atom stereocenters. The Morgan fingerprint density at radius 3 is 2.41 bits per heavy atom. The fraction of sp³-hybridized carbons (Fsp3) is 0.500. The summed E-state index contributed by atoms with van der Waals surface area (Å²) >= 11 is 0. The van der Waals surface area contributed by atoms with Gasteiger partial charge in [-0.05, 0) is 37.9 Å². The van der Waals surface area contributed by atoms with Crippen LogP contribution >= 0.6 is 12.4 Å². The molecule has 1 saturated heterocycles. The molecule has 0 spiro atoms. The average Bonchev–Trinajstić information content (AvgIpc) is 2.53. The summed E-state index contributed by atoms with van der Waals surface area (Å²) in [5.41, 5.74) is 6.24. The predicted octanol–water partition coefficient (Wildman–Crippen LogP) is 2.02. The molecule has 0 bridgehead atoms. The number of hydrogen-bond donors (Lipinski definition) is 2. The largest absolute Gasteiger partial charge is 0.343 e. The molecule has 6 heteroatoms. The first kappa shape index (κ1) is 18.5. The Balaban J connectivity index is 0.00000242. The van der Waals surface area contributed by atoms with E-state index in [1.165, 1.54) is 0 Å². The first-order chi connectivity index (χ1) is 10.2. The molecule has 1 aromatic carbocycles. The monoisotopic (exact) mass is 325 g/mol. The van der Waals surface area contributed by atoms with Crippen LogP contribution in [0.3, 0.4) is 0 Å². The van der Waals surface area contributed by atoms with Crippen molar-refractivity contribution in [2.75, 3.05) is 25.0 Å². The number of nitrogens with zero attached hydrogens (tertiary/aromatic N) is 1. The van der Waals surface area contributed by atoms with E-state index in [2.05, 4.69) is 5.32 Å². The number of nitrogens with one attached hydrogen (secondary N) is 1. The minimum Gasteiger partial charge on any atom is -0.343 e. The van der Waals surface area contributed by atoms with Crippen LogP contribution < -0.4 is 11.1 Å². The first-order valence-electron chi connectivity index (χ1n) is 7.54. The average molecular weight is 326 g/mol. The van der Waals surface area contributed by atoms with Gasteiger partial charge in [0.15, 0.2) is 0 Å². The van der Waals surface area contributed by atoms with Crippen LogP contribution in [-0.4, -0.2) is 36.3 Å². The smallest absolute Gasteiger partial charge is 0.227 e. The minimum absolute atomic E-state index is 0. The Bertz CT molecular complexity index is 474. The van der Waals surface area contributed by atoms with Gasteiger partial charge in [-0.3, -0.25) is 9.59 Å². The van der Waals surface area contributed by atoms with Crippen LogP contribution in [0.15, 0.2) is 30.3 Å². The van der Waals surface area contributed by atoms with Gasteiger partial charge < -0.3 is 16.0 Å². The van der Waals surface area contributed by atoms with Crippen molar-refractivity contribution in [1.82, 2.24) is 4.90 Å². The standard InChI is InChI=1S/C16H23N3O2.ClH/c17-10-4-7-15(20)19-11-8-13(9-12-19)16(21)18-14-5-2-1-3-6-14;/h1-3,5-6,13H,4,7-12,17H2,(H,18,21);1H. The third-order valence-corrected chi connectivity index (χ3v) is 3.85. The normalized spacial score (nSPS) is 15.0. The number of likely N-dealkylation sites (tertiary alicyclic amines) is 1. The number of amides is 2. The summed E-state index contributed by atoms with van der Waals surface area (Å²) in [6.07, 6.45) is 2.70. The maximum Gasteiger partial charge on any atom is 0.227 e. The van der Waals surface area contributed by atoms with E-state index in [-0.39, 0.29) is 30.1 Å². The highest BCUT2D eigenvalue weighted by Crippen LogP contribution is 2.20. The van der Waals surface area contributed by atoms with Crippen molar-refractivity contribution >= 4 is 29.9 Å². The quantitative estimate of drug-likeness (QED) is 0.869. The maximum atomic E-state index is 12.2. The molecule has 5 nitrogen and oxygen atoms in total. The maximum absolute atomic E-state index is 12.2. The molecule has 122 valence electrons. The second-order valence-electron chi connectivity index (χ2n) is 5.40. The highest BCUT2D eigenvalue weighted by atomic mass is 35.5. The summed E-state index contributed by atoms with van der Waals surface area (Å²) in [6, 6.07) is 9.47. The van der Waals surface area contributed by atoms with E-state index in [4.69, 9.17) is 5.73 Å². The predicted molar refractivity (Wildman–Crippen MR) is 89.9 cm³/mol. The summed E-state index contributed by atoms with van der Waals surface area (Å²) in [7, 11) is 0. The lowest BCUT2D eigenvalue weighted by molar-refractivity contribution is -0.134. The second-order valence-corrected chi connectivity index (χ2v) is 5.40. The Morgan fingerprint density at radius 1 is 1.18 bits per heavy atom. The molecule has 0 aliphatic carbocycles. The number of anilines is 1. The molecule has 1 fully saturated rings. The molecule has 0 radical (unpaired) electrons. The number of para-hydroxylation sites is 1. The lowest BCUT2D eigenvalue weighted by Gasteiger charge is -2.31. The summed E-state index contributed by atoms with van der Waals surface area (Å²) in [5.74, 6) is 0.196. The highest BCUT2D eigenvalue weighted by molar-refractivity contribution is 5.92. The number of carbonyl (C=O) groups excluding carboxylic acids is 2. The lowest BCUT2D eigenvalue weighted by Crippen LogP contribution is -2.41. The van der Waals surface area contributed by atoms with Gasteiger partial charge in [0.25, 0.3) is 0 Å². The Hall–Kier alpha value is -1.59. The van der Waals surface area contributed by atoms with Gasteiger partial charge in [-0.25, -0.2) is 0 Å². The number of benzene rings is 1. The fourth-order valence-corrected chi connectivity index (χ4v) is 2.57. The zero-order valence-electron chi connectivity index (χ0n) is 12.7. The minimum atomic E-state index is -0.0104. The van der Waals surface area contributed by atoms with Crippen LogP contribution in [0.5, 0.6) is 0 Å². The third-order valence-electron chi connectivity index (χ3n) is 3.85. The van der Waals surface area contributed by atoms with E-state index in [0.717, 1.165) is 24.9 Å². The van der Waals surface area contributed by atoms with Crippen molar-refractivity contribution in [3.63, 3.8) is 0 Å². The van der Waals surface area contributed by atoms with E-state index in [0.29, 0.717) is 26.1 Å². The fourth-order valence-electron chi connectivity index (χ4n) is 2.57. The van der Waals surface area contributed by atoms with Crippen LogP contribution in [0.2, 0.25) is 0 Å². The molecule has 2 amide bonds. The summed E-state index contributed by atoms with van der Waals surface area (Å²) < 4.78 is 0. The number of hydrogen-bond acceptors (Lipinski definition) is 3. The Morgan fingerprint density at radius 2 is 1.82 bits per heavy atom. The zero-order chi connectivity index (χ0) is 15.1. The van der Waals surface area contributed by atoms with Gasteiger partial charge in [-0.1, -0.05) is 18.2 Å². The van der Waals surface area contributed by atoms with E-state index >= 15 is 0 Å². The van der Waals surface area contributed by atoms with Gasteiger partial charge in [0.2, 0.25) is 11.8 Å². The van der Waals surface area contributed by atoms with E-state index in [1.807, 2.05) is 35.2 Å². The number of nitrogens with two attached hydrogens (primary N) is 1. The van der Waals surface area contributed by atoms with E-state index in [9.17, 15) is 9.59 Å². The van der Waals surface area contributed by atoms with Crippen LogP contribution in [0.25, 0.3) is 0 Å². The van der Waals surface area contributed by atoms with Crippen LogP contribution in [0.4, 0.5) is 5.69 Å². The molecule has 3 N–H and O–H groups in total. The van der Waals surface area contributed by atoms with Gasteiger partial charge in [0.05, 0.1) is 0 Å². The van der Waals surface area contributed by atoms with Crippen molar-refractivity contribution in [3.8, 4) is 0 Å². The van der Waals surface area contributed by atoms with E-state index < -0.39 is 0 Å². The summed E-state index contributed by atoms with van der Waals surface area (Å²) in [5, 5.41) is 2.93. The van der Waals surface area contributed by atoms with Crippen LogP contribution in [-0.2, 0) is 9.59 Å². The molecule has 0 aromatic heterocycles. The molecule has 0 unspecified atom stereocenters. The topological polar surface area (TPSA) is 75.4 Å².